The summed E-state index contributed by atoms with van der Waals surface area (Å²) in [7, 11) is 0. The lowest BCUT2D eigenvalue weighted by atomic mass is 10.1. The van der Waals surface area contributed by atoms with E-state index in [0.29, 0.717) is 28.8 Å². The monoisotopic (exact) mass is 468 g/mol. The lowest BCUT2D eigenvalue weighted by Crippen LogP contribution is -2.23. The standard InChI is InChI=1S/C20H19Cl3N4OS/c1-3-27-17(9-13-7-5-4-6-8-13)25-26-20(27)29-12(2)19(28)24-18-15(22)10-14(21)11-16(18)23/h4-8,10-12H,3,9H2,1-2H3,(H,24,28). The highest BCUT2D eigenvalue weighted by Gasteiger charge is 2.21. The van der Waals surface area contributed by atoms with Crippen molar-refractivity contribution in [3.8, 4) is 0 Å². The van der Waals surface area contributed by atoms with Crippen LogP contribution in [-0.2, 0) is 17.8 Å². The summed E-state index contributed by atoms with van der Waals surface area (Å²) in [6.07, 6.45) is 0.679. The van der Waals surface area contributed by atoms with Crippen LogP contribution in [0.3, 0.4) is 0 Å². The van der Waals surface area contributed by atoms with Crippen LogP contribution in [0.5, 0.6) is 0 Å². The Morgan fingerprint density at radius 2 is 1.79 bits per heavy atom. The predicted molar refractivity (Wildman–Crippen MR) is 120 cm³/mol. The summed E-state index contributed by atoms with van der Waals surface area (Å²) in [5.74, 6) is 0.619. The van der Waals surface area contributed by atoms with Gasteiger partial charge < -0.3 is 9.88 Å². The Hall–Kier alpha value is -1.73. The van der Waals surface area contributed by atoms with Crippen molar-refractivity contribution in [2.45, 2.75) is 37.2 Å². The molecule has 0 aliphatic carbocycles. The molecule has 0 bridgehead atoms. The summed E-state index contributed by atoms with van der Waals surface area (Å²) in [4.78, 5) is 12.7. The summed E-state index contributed by atoms with van der Waals surface area (Å²) in [6.45, 7) is 4.53. The van der Waals surface area contributed by atoms with Gasteiger partial charge in [-0.3, -0.25) is 4.79 Å². The summed E-state index contributed by atoms with van der Waals surface area (Å²) in [5, 5.41) is 12.6. The molecule has 0 spiro atoms. The van der Waals surface area contributed by atoms with E-state index in [2.05, 4.69) is 27.6 Å². The van der Waals surface area contributed by atoms with E-state index in [1.165, 1.54) is 23.9 Å². The van der Waals surface area contributed by atoms with Gasteiger partial charge in [-0.1, -0.05) is 76.9 Å². The number of amides is 1. The van der Waals surface area contributed by atoms with Crippen molar-refractivity contribution in [3.05, 3.63) is 68.9 Å². The highest BCUT2D eigenvalue weighted by molar-refractivity contribution is 8.00. The number of hydrogen-bond acceptors (Lipinski definition) is 4. The molecule has 5 nitrogen and oxygen atoms in total. The van der Waals surface area contributed by atoms with Crippen LogP contribution in [0.1, 0.15) is 25.2 Å². The summed E-state index contributed by atoms with van der Waals surface area (Å²) < 4.78 is 2.02. The predicted octanol–water partition coefficient (Wildman–Crippen LogP) is 5.97. The molecule has 0 radical (unpaired) electrons. The molecule has 9 heteroatoms. The van der Waals surface area contributed by atoms with Crippen LogP contribution in [0.25, 0.3) is 0 Å². The third-order valence-corrected chi connectivity index (χ3v) is 6.12. The molecule has 0 saturated heterocycles. The van der Waals surface area contributed by atoms with Crippen LogP contribution in [-0.4, -0.2) is 25.9 Å². The molecule has 3 rings (SSSR count). The van der Waals surface area contributed by atoms with E-state index in [9.17, 15) is 4.79 Å². The van der Waals surface area contributed by atoms with Crippen molar-refractivity contribution < 1.29 is 4.79 Å². The number of halogens is 3. The molecule has 1 atom stereocenters. The number of rotatable bonds is 7. The maximum absolute atomic E-state index is 12.7. The molecule has 29 heavy (non-hydrogen) atoms. The van der Waals surface area contributed by atoms with E-state index < -0.39 is 5.25 Å². The first-order valence-corrected chi connectivity index (χ1v) is 11.0. The van der Waals surface area contributed by atoms with Crippen LogP contribution in [0.2, 0.25) is 15.1 Å². The Balaban J connectivity index is 1.72. The first-order valence-electron chi connectivity index (χ1n) is 8.97. The number of thioether (sulfide) groups is 1. The van der Waals surface area contributed by atoms with Crippen molar-refractivity contribution in [1.82, 2.24) is 14.8 Å². The normalized spacial score (nSPS) is 12.0. The summed E-state index contributed by atoms with van der Waals surface area (Å²) in [6, 6.07) is 13.1. The Kier molecular flexibility index (Phi) is 7.46. The zero-order chi connectivity index (χ0) is 21.0. The molecule has 1 N–H and O–H groups in total. The first kappa shape index (κ1) is 22.0. The van der Waals surface area contributed by atoms with E-state index in [1.54, 1.807) is 6.92 Å². The average Bonchev–Trinajstić information content (AvgIpc) is 3.06. The van der Waals surface area contributed by atoms with Gasteiger partial charge in [-0.2, -0.15) is 0 Å². The van der Waals surface area contributed by atoms with Gasteiger partial charge in [-0.05, 0) is 31.5 Å². The summed E-state index contributed by atoms with van der Waals surface area (Å²) in [5.41, 5.74) is 1.50. The Labute approximate surface area is 188 Å². The molecular formula is C20H19Cl3N4OS. The average molecular weight is 470 g/mol. The van der Waals surface area contributed by atoms with Crippen LogP contribution >= 0.6 is 46.6 Å². The number of hydrogen-bond donors (Lipinski definition) is 1. The van der Waals surface area contributed by atoms with E-state index >= 15 is 0 Å². The lowest BCUT2D eigenvalue weighted by Gasteiger charge is -2.14. The van der Waals surface area contributed by atoms with Crippen LogP contribution < -0.4 is 5.32 Å². The van der Waals surface area contributed by atoms with Gasteiger partial charge in [0.1, 0.15) is 5.82 Å². The largest absolute Gasteiger partial charge is 0.323 e. The second kappa shape index (κ2) is 9.85. The van der Waals surface area contributed by atoms with Gasteiger partial charge >= 0.3 is 0 Å². The molecule has 0 saturated carbocycles. The van der Waals surface area contributed by atoms with Gasteiger partial charge in [0.05, 0.1) is 21.0 Å². The molecule has 1 amide bonds. The van der Waals surface area contributed by atoms with Crippen LogP contribution in [0, 0.1) is 0 Å². The van der Waals surface area contributed by atoms with Crippen molar-refractivity contribution in [2.75, 3.05) is 5.32 Å². The minimum Gasteiger partial charge on any atom is -0.323 e. The van der Waals surface area contributed by atoms with Crippen molar-refractivity contribution in [1.29, 1.82) is 0 Å². The maximum Gasteiger partial charge on any atom is 0.237 e. The minimum absolute atomic E-state index is 0.239. The molecule has 3 aromatic rings. The highest BCUT2D eigenvalue weighted by atomic mass is 35.5. The molecular weight excluding hydrogens is 451 g/mol. The number of nitrogens with one attached hydrogen (secondary N) is 1. The molecule has 0 aliphatic rings. The highest BCUT2D eigenvalue weighted by Crippen LogP contribution is 2.34. The zero-order valence-corrected chi connectivity index (χ0v) is 18.9. The number of carbonyl (C=O) groups is 1. The van der Waals surface area contributed by atoms with E-state index in [0.717, 1.165) is 11.4 Å². The number of aromatic nitrogens is 3. The minimum atomic E-state index is -0.433. The molecule has 152 valence electrons. The van der Waals surface area contributed by atoms with Gasteiger partial charge in [-0.25, -0.2) is 0 Å². The molecule has 0 aliphatic heterocycles. The van der Waals surface area contributed by atoms with Crippen molar-refractivity contribution in [2.24, 2.45) is 0 Å². The SMILES string of the molecule is CCn1c(Cc2ccccc2)nnc1SC(C)C(=O)Nc1c(Cl)cc(Cl)cc1Cl. The van der Waals surface area contributed by atoms with Crippen LogP contribution in [0.15, 0.2) is 47.6 Å². The molecule has 1 heterocycles. The maximum atomic E-state index is 12.7. The fraction of sp³-hybridized carbons (Fsp3) is 0.250. The number of nitrogens with zero attached hydrogens (tertiary/aromatic N) is 3. The number of anilines is 1. The lowest BCUT2D eigenvalue weighted by molar-refractivity contribution is -0.115. The number of benzene rings is 2. The van der Waals surface area contributed by atoms with Gasteiger partial charge in [0.2, 0.25) is 5.91 Å². The second-order valence-electron chi connectivity index (χ2n) is 6.30. The fourth-order valence-corrected chi connectivity index (χ4v) is 4.57. The van der Waals surface area contributed by atoms with Crippen molar-refractivity contribution in [3.63, 3.8) is 0 Å². The molecule has 1 aromatic heterocycles. The smallest absolute Gasteiger partial charge is 0.237 e. The van der Waals surface area contributed by atoms with E-state index in [-0.39, 0.29) is 16.0 Å². The third-order valence-electron chi connectivity index (χ3n) is 4.22. The van der Waals surface area contributed by atoms with Crippen LogP contribution in [0.4, 0.5) is 5.69 Å². The third kappa shape index (κ3) is 5.45. The topological polar surface area (TPSA) is 59.8 Å². The molecule has 0 fully saturated rings. The van der Waals surface area contributed by atoms with Crippen molar-refractivity contribution >= 4 is 58.2 Å². The van der Waals surface area contributed by atoms with Gasteiger partial charge in [0, 0.05) is 18.0 Å². The van der Waals surface area contributed by atoms with E-state index in [4.69, 9.17) is 34.8 Å². The Morgan fingerprint density at radius 1 is 1.14 bits per heavy atom. The Bertz CT molecular complexity index is 987. The quantitative estimate of drug-likeness (QED) is 0.433. The first-order chi connectivity index (χ1) is 13.9. The summed E-state index contributed by atoms with van der Waals surface area (Å²) >= 11 is 19.6. The molecule has 1 unspecified atom stereocenters. The fourth-order valence-electron chi connectivity index (χ4n) is 2.73. The van der Waals surface area contributed by atoms with Gasteiger partial charge in [-0.15, -0.1) is 10.2 Å². The molecule has 2 aromatic carbocycles. The second-order valence-corrected chi connectivity index (χ2v) is 8.86. The number of carbonyl (C=O) groups excluding carboxylic acids is 1. The Morgan fingerprint density at radius 3 is 2.41 bits per heavy atom. The van der Waals surface area contributed by atoms with Gasteiger partial charge in [0.15, 0.2) is 5.16 Å². The van der Waals surface area contributed by atoms with Gasteiger partial charge in [0.25, 0.3) is 0 Å². The zero-order valence-electron chi connectivity index (χ0n) is 15.8. The van der Waals surface area contributed by atoms with E-state index in [1.807, 2.05) is 29.7 Å².